The van der Waals surface area contributed by atoms with Crippen molar-refractivity contribution in [2.45, 2.75) is 33.2 Å². The van der Waals surface area contributed by atoms with Gasteiger partial charge in [-0.2, -0.15) is 0 Å². The van der Waals surface area contributed by atoms with Crippen LogP contribution in [0.4, 0.5) is 5.82 Å². The molecule has 0 aromatic carbocycles. The molecule has 1 amide bonds. The molecule has 4 heterocycles. The highest BCUT2D eigenvalue weighted by atomic mass is 32.2. The minimum absolute atomic E-state index is 0.172. The molecule has 7 nitrogen and oxygen atoms in total. The number of nitrogens with zero attached hydrogens (tertiary/aromatic N) is 3. The van der Waals surface area contributed by atoms with Gasteiger partial charge in [0.15, 0.2) is 0 Å². The fourth-order valence-corrected chi connectivity index (χ4v) is 4.54. The zero-order chi connectivity index (χ0) is 22.0. The van der Waals surface area contributed by atoms with Gasteiger partial charge in [-0.3, -0.25) is 18.9 Å². The summed E-state index contributed by atoms with van der Waals surface area (Å²) < 4.78 is 7.38. The van der Waals surface area contributed by atoms with E-state index in [9.17, 15) is 9.59 Å². The van der Waals surface area contributed by atoms with Crippen LogP contribution in [0.5, 0.6) is 0 Å². The normalized spacial score (nSPS) is 15.4. The maximum atomic E-state index is 13.3. The maximum Gasteiger partial charge on any atom is 0.267 e. The Labute approximate surface area is 189 Å². The van der Waals surface area contributed by atoms with E-state index in [4.69, 9.17) is 16.6 Å². The first-order valence-electron chi connectivity index (χ1n) is 10.0. The number of thiocarbonyl (C=S) groups is 1. The summed E-state index contributed by atoms with van der Waals surface area (Å²) in [6.45, 7) is 4.91. The quantitative estimate of drug-likeness (QED) is 0.423. The predicted octanol–water partition coefficient (Wildman–Crippen LogP) is 4.21. The second kappa shape index (κ2) is 9.07. The van der Waals surface area contributed by atoms with Crippen molar-refractivity contribution in [3.63, 3.8) is 0 Å². The van der Waals surface area contributed by atoms with Crippen LogP contribution in [0.3, 0.4) is 0 Å². The second-order valence-corrected chi connectivity index (χ2v) is 8.91. The number of anilines is 1. The van der Waals surface area contributed by atoms with Crippen LogP contribution in [-0.2, 0) is 11.3 Å². The lowest BCUT2D eigenvalue weighted by atomic mass is 10.2. The number of nitrogens with one attached hydrogen (secondary N) is 1. The molecule has 1 saturated heterocycles. The molecule has 3 aromatic heterocycles. The molecular formula is C22H22N4O3S2. The van der Waals surface area contributed by atoms with Gasteiger partial charge in [0.1, 0.15) is 21.5 Å². The Balaban J connectivity index is 1.77. The molecule has 9 heteroatoms. The van der Waals surface area contributed by atoms with Gasteiger partial charge in [-0.05, 0) is 43.2 Å². The highest BCUT2D eigenvalue weighted by Crippen LogP contribution is 2.33. The zero-order valence-electron chi connectivity index (χ0n) is 17.3. The van der Waals surface area contributed by atoms with Crippen LogP contribution in [-0.4, -0.2) is 31.1 Å². The molecule has 0 unspecified atom stereocenters. The van der Waals surface area contributed by atoms with Crippen molar-refractivity contribution in [3.05, 3.63) is 68.9 Å². The number of aromatic nitrogens is 2. The summed E-state index contributed by atoms with van der Waals surface area (Å²) >= 11 is 6.61. The number of aryl methyl sites for hydroxylation is 1. The average molecular weight is 455 g/mol. The standard InChI is InChI=1S/C22H22N4O3S2/c1-3-4-9-25-21(28)17(31-22(25)30)11-16-19(23-12-15-6-5-10-29-15)24-18-8-7-14(2)13-26(18)20(16)27/h5-8,10-11,13,23H,3-4,9,12H2,1-2H3/b17-11+. The number of carbonyl (C=O) groups excluding carboxylic acids is 1. The number of rotatable bonds is 7. The Morgan fingerprint density at radius 3 is 2.87 bits per heavy atom. The van der Waals surface area contributed by atoms with Gasteiger partial charge < -0.3 is 9.73 Å². The predicted molar refractivity (Wildman–Crippen MR) is 127 cm³/mol. The fraction of sp³-hybridized carbons (Fsp3) is 0.273. The van der Waals surface area contributed by atoms with Crippen LogP contribution >= 0.6 is 24.0 Å². The molecular weight excluding hydrogens is 432 g/mol. The number of amides is 1. The highest BCUT2D eigenvalue weighted by Gasteiger charge is 2.32. The Morgan fingerprint density at radius 2 is 2.13 bits per heavy atom. The lowest BCUT2D eigenvalue weighted by molar-refractivity contribution is -0.122. The Hall–Kier alpha value is -2.91. The van der Waals surface area contributed by atoms with Gasteiger partial charge >= 0.3 is 0 Å². The number of thioether (sulfide) groups is 1. The van der Waals surface area contributed by atoms with Crippen molar-refractivity contribution >= 4 is 51.7 Å². The van der Waals surface area contributed by atoms with Gasteiger partial charge in [0.25, 0.3) is 11.5 Å². The molecule has 0 aliphatic carbocycles. The van der Waals surface area contributed by atoms with E-state index in [2.05, 4.69) is 17.2 Å². The Bertz CT molecular complexity index is 1230. The fourth-order valence-electron chi connectivity index (χ4n) is 3.25. The van der Waals surface area contributed by atoms with Crippen molar-refractivity contribution in [1.82, 2.24) is 14.3 Å². The van der Waals surface area contributed by atoms with Gasteiger partial charge in [0, 0.05) is 12.7 Å². The molecule has 1 aliphatic rings. The first-order valence-corrected chi connectivity index (χ1v) is 11.2. The molecule has 0 radical (unpaired) electrons. The minimum Gasteiger partial charge on any atom is -0.467 e. The van der Waals surface area contributed by atoms with Gasteiger partial charge in [-0.25, -0.2) is 4.98 Å². The van der Waals surface area contributed by atoms with E-state index in [-0.39, 0.29) is 11.5 Å². The smallest absolute Gasteiger partial charge is 0.267 e. The van der Waals surface area contributed by atoms with E-state index in [1.54, 1.807) is 35.6 Å². The summed E-state index contributed by atoms with van der Waals surface area (Å²) in [5.41, 5.74) is 1.51. The molecule has 0 spiro atoms. The van der Waals surface area contributed by atoms with Crippen LogP contribution in [0.1, 0.15) is 36.7 Å². The molecule has 160 valence electrons. The second-order valence-electron chi connectivity index (χ2n) is 7.23. The van der Waals surface area contributed by atoms with Crippen LogP contribution in [0.25, 0.3) is 11.7 Å². The SMILES string of the molecule is CCCCN1C(=O)/C(=C\c2c(NCc3ccco3)nc3ccc(C)cn3c2=O)SC1=S. The molecule has 1 fully saturated rings. The van der Waals surface area contributed by atoms with E-state index in [0.29, 0.717) is 45.1 Å². The molecule has 1 N–H and O–H groups in total. The molecule has 31 heavy (non-hydrogen) atoms. The molecule has 3 aromatic rings. The van der Waals surface area contributed by atoms with Gasteiger partial charge in [-0.1, -0.05) is 43.4 Å². The van der Waals surface area contributed by atoms with E-state index in [1.165, 1.54) is 16.2 Å². The Kier molecular flexibility index (Phi) is 6.24. The topological polar surface area (TPSA) is 79.8 Å². The van der Waals surface area contributed by atoms with Crippen molar-refractivity contribution in [1.29, 1.82) is 0 Å². The van der Waals surface area contributed by atoms with Gasteiger partial charge in [0.2, 0.25) is 0 Å². The summed E-state index contributed by atoms with van der Waals surface area (Å²) in [5, 5.41) is 3.18. The molecule has 0 bridgehead atoms. The Morgan fingerprint density at radius 1 is 1.29 bits per heavy atom. The number of hydrogen-bond donors (Lipinski definition) is 1. The van der Waals surface area contributed by atoms with E-state index >= 15 is 0 Å². The summed E-state index contributed by atoms with van der Waals surface area (Å²) in [5.74, 6) is 0.931. The lowest BCUT2D eigenvalue weighted by Gasteiger charge is -2.13. The number of furan rings is 1. The van der Waals surface area contributed by atoms with Crippen molar-refractivity contribution < 1.29 is 9.21 Å². The first kappa shape index (κ1) is 21.3. The largest absolute Gasteiger partial charge is 0.467 e. The van der Waals surface area contributed by atoms with Gasteiger partial charge in [0.05, 0.1) is 23.3 Å². The first-order chi connectivity index (χ1) is 15.0. The van der Waals surface area contributed by atoms with Crippen LogP contribution in [0.15, 0.2) is 50.8 Å². The van der Waals surface area contributed by atoms with Crippen LogP contribution in [0.2, 0.25) is 0 Å². The monoisotopic (exact) mass is 454 g/mol. The number of carbonyl (C=O) groups is 1. The molecule has 1 aliphatic heterocycles. The lowest BCUT2D eigenvalue weighted by Crippen LogP contribution is -2.29. The van der Waals surface area contributed by atoms with E-state index in [1.807, 2.05) is 19.1 Å². The van der Waals surface area contributed by atoms with Gasteiger partial charge in [-0.15, -0.1) is 0 Å². The summed E-state index contributed by atoms with van der Waals surface area (Å²) in [4.78, 5) is 32.9. The molecule has 4 rings (SSSR count). The van der Waals surface area contributed by atoms with Crippen LogP contribution in [0, 0.1) is 6.92 Å². The van der Waals surface area contributed by atoms with Crippen molar-refractivity contribution in [3.8, 4) is 0 Å². The third-order valence-corrected chi connectivity index (χ3v) is 6.28. The number of hydrogen-bond acceptors (Lipinski definition) is 7. The minimum atomic E-state index is -0.255. The third-order valence-electron chi connectivity index (χ3n) is 4.90. The van der Waals surface area contributed by atoms with E-state index < -0.39 is 0 Å². The number of fused-ring (bicyclic) bond motifs is 1. The third kappa shape index (κ3) is 4.42. The summed E-state index contributed by atoms with van der Waals surface area (Å²) in [6, 6.07) is 7.33. The van der Waals surface area contributed by atoms with Crippen LogP contribution < -0.4 is 10.9 Å². The highest BCUT2D eigenvalue weighted by molar-refractivity contribution is 8.26. The van der Waals surface area contributed by atoms with E-state index in [0.717, 1.165) is 18.4 Å². The van der Waals surface area contributed by atoms with Crippen molar-refractivity contribution in [2.24, 2.45) is 0 Å². The number of pyridine rings is 1. The van der Waals surface area contributed by atoms with Crippen molar-refractivity contribution in [2.75, 3.05) is 11.9 Å². The number of unbranched alkanes of at least 4 members (excludes halogenated alkanes) is 1. The average Bonchev–Trinajstić information content (AvgIpc) is 3.36. The summed E-state index contributed by atoms with van der Waals surface area (Å²) in [7, 11) is 0. The summed E-state index contributed by atoms with van der Waals surface area (Å²) in [6.07, 6.45) is 6.76. The maximum absolute atomic E-state index is 13.3. The zero-order valence-corrected chi connectivity index (χ0v) is 18.9. The molecule has 0 atom stereocenters. The molecule has 0 saturated carbocycles.